The molecule has 74 valence electrons. The first kappa shape index (κ1) is 9.86. The van der Waals surface area contributed by atoms with Crippen LogP contribution in [0.15, 0.2) is 18.2 Å². The Kier molecular flexibility index (Phi) is 2.58. The molecule has 0 unspecified atom stereocenters. The fourth-order valence-corrected chi connectivity index (χ4v) is 0.839. The van der Waals surface area contributed by atoms with Crippen molar-refractivity contribution in [3.05, 3.63) is 38.4 Å². The molecule has 0 aliphatic heterocycles. The molecule has 1 aromatic carbocycles. The third kappa shape index (κ3) is 1.75. The van der Waals surface area contributed by atoms with Gasteiger partial charge in [-0.2, -0.15) is 0 Å². The Balaban J connectivity index is 3.27. The summed E-state index contributed by atoms with van der Waals surface area (Å²) in [5.41, 5.74) is -1.11. The minimum Gasteiger partial charge on any atom is -0.333 e. The van der Waals surface area contributed by atoms with Gasteiger partial charge in [0.2, 0.25) is 5.75 Å². The van der Waals surface area contributed by atoms with Crippen LogP contribution in [-0.4, -0.2) is 15.1 Å². The Morgan fingerprint density at radius 3 is 2.29 bits per heavy atom. The Morgan fingerprint density at radius 2 is 1.86 bits per heavy atom. The van der Waals surface area contributed by atoms with Crippen molar-refractivity contribution >= 4 is 11.4 Å². The average Bonchev–Trinajstić information content (AvgIpc) is 2.16. The quantitative estimate of drug-likeness (QED) is 0.447. The second kappa shape index (κ2) is 3.66. The summed E-state index contributed by atoms with van der Waals surface area (Å²) < 4.78 is 0. The van der Waals surface area contributed by atoms with Gasteiger partial charge in [0.05, 0.1) is 15.9 Å². The minimum atomic E-state index is -0.890. The molecular formula is C6H4N2O6. The van der Waals surface area contributed by atoms with Crippen molar-refractivity contribution in [2.45, 2.75) is 0 Å². The lowest BCUT2D eigenvalue weighted by atomic mass is 10.2. The highest BCUT2D eigenvalue weighted by Crippen LogP contribution is 2.30. The maximum absolute atomic E-state index is 10.3. The number of benzene rings is 1. The van der Waals surface area contributed by atoms with E-state index in [0.29, 0.717) is 6.07 Å². The number of nitro groups is 2. The molecule has 0 saturated heterocycles. The SMILES string of the molecule is O=[N+]([O-])c1ccc(OO)c([N+](=O)[O-])c1. The molecule has 0 spiro atoms. The van der Waals surface area contributed by atoms with Gasteiger partial charge in [0.15, 0.2) is 0 Å². The van der Waals surface area contributed by atoms with Crippen LogP contribution >= 0.6 is 0 Å². The maximum Gasteiger partial charge on any atom is 0.321 e. The third-order valence-electron chi connectivity index (χ3n) is 1.45. The van der Waals surface area contributed by atoms with Gasteiger partial charge >= 0.3 is 5.69 Å². The van der Waals surface area contributed by atoms with Crippen molar-refractivity contribution in [3.8, 4) is 5.75 Å². The number of nitrogens with zero attached hydrogens (tertiary/aromatic N) is 2. The smallest absolute Gasteiger partial charge is 0.321 e. The highest BCUT2D eigenvalue weighted by Gasteiger charge is 2.20. The van der Waals surface area contributed by atoms with E-state index in [2.05, 4.69) is 4.89 Å². The fraction of sp³-hybridized carbons (Fsp3) is 0. The Morgan fingerprint density at radius 1 is 1.21 bits per heavy atom. The zero-order valence-electron chi connectivity index (χ0n) is 6.61. The molecule has 0 aliphatic carbocycles. The van der Waals surface area contributed by atoms with Crippen LogP contribution in [-0.2, 0) is 0 Å². The van der Waals surface area contributed by atoms with Crippen LogP contribution in [0.4, 0.5) is 11.4 Å². The predicted octanol–water partition coefficient (Wildman–Crippen LogP) is 1.35. The van der Waals surface area contributed by atoms with Crippen LogP contribution < -0.4 is 4.89 Å². The standard InChI is InChI=1S/C6H4N2O6/c9-7(10)4-1-2-6(14-13)5(3-4)8(11)12/h1-3,13H. The molecule has 0 saturated carbocycles. The van der Waals surface area contributed by atoms with Gasteiger partial charge in [0.1, 0.15) is 0 Å². The van der Waals surface area contributed by atoms with E-state index in [9.17, 15) is 20.2 Å². The molecule has 14 heavy (non-hydrogen) atoms. The number of rotatable bonds is 3. The molecule has 0 radical (unpaired) electrons. The summed E-state index contributed by atoms with van der Waals surface area (Å²) in [6.07, 6.45) is 0. The van der Waals surface area contributed by atoms with Gasteiger partial charge in [0, 0.05) is 6.07 Å². The molecule has 0 aliphatic rings. The van der Waals surface area contributed by atoms with Gasteiger partial charge in [-0.3, -0.25) is 20.2 Å². The topological polar surface area (TPSA) is 116 Å². The second-order valence-electron chi connectivity index (χ2n) is 2.26. The molecule has 0 atom stereocenters. The van der Waals surface area contributed by atoms with Crippen molar-refractivity contribution in [3.63, 3.8) is 0 Å². The number of non-ortho nitro benzene ring substituents is 1. The van der Waals surface area contributed by atoms with Crippen LogP contribution in [0.2, 0.25) is 0 Å². The molecule has 1 N–H and O–H groups in total. The normalized spacial score (nSPS) is 9.50. The summed E-state index contributed by atoms with van der Waals surface area (Å²) >= 11 is 0. The summed E-state index contributed by atoms with van der Waals surface area (Å²) in [4.78, 5) is 22.6. The number of nitro benzene ring substituents is 2. The molecule has 0 amide bonds. The molecule has 0 bridgehead atoms. The predicted molar refractivity (Wildman–Crippen MR) is 43.0 cm³/mol. The fourth-order valence-electron chi connectivity index (χ4n) is 0.839. The first-order chi connectivity index (χ1) is 6.56. The van der Waals surface area contributed by atoms with Crippen LogP contribution in [0.1, 0.15) is 0 Å². The van der Waals surface area contributed by atoms with E-state index in [1.807, 2.05) is 0 Å². The van der Waals surface area contributed by atoms with Gasteiger partial charge in [-0.05, 0) is 6.07 Å². The number of hydrogen-bond donors (Lipinski definition) is 1. The van der Waals surface area contributed by atoms with Crippen LogP contribution in [0.25, 0.3) is 0 Å². The molecular weight excluding hydrogens is 196 g/mol. The lowest BCUT2D eigenvalue weighted by Gasteiger charge is -1.97. The van der Waals surface area contributed by atoms with Gasteiger partial charge in [-0.15, -0.1) is 0 Å². The lowest BCUT2D eigenvalue weighted by Crippen LogP contribution is -1.96. The largest absolute Gasteiger partial charge is 0.333 e. The van der Waals surface area contributed by atoms with E-state index in [-0.39, 0.29) is 0 Å². The maximum atomic E-state index is 10.3. The monoisotopic (exact) mass is 200 g/mol. The van der Waals surface area contributed by atoms with Crippen LogP contribution in [0, 0.1) is 20.2 Å². The number of hydrogen-bond acceptors (Lipinski definition) is 6. The zero-order chi connectivity index (χ0) is 10.7. The summed E-state index contributed by atoms with van der Waals surface area (Å²) in [6.45, 7) is 0. The Labute approximate surface area is 76.6 Å². The lowest BCUT2D eigenvalue weighted by molar-refractivity contribution is -0.396. The Bertz CT molecular complexity index is 390. The van der Waals surface area contributed by atoms with E-state index < -0.39 is 27.0 Å². The van der Waals surface area contributed by atoms with E-state index in [1.165, 1.54) is 0 Å². The van der Waals surface area contributed by atoms with E-state index in [4.69, 9.17) is 5.26 Å². The Hall–Kier alpha value is -2.22. The molecule has 1 aromatic rings. The summed E-state index contributed by atoms with van der Waals surface area (Å²) in [7, 11) is 0. The van der Waals surface area contributed by atoms with Crippen molar-refractivity contribution in [2.24, 2.45) is 0 Å². The first-order valence-electron chi connectivity index (χ1n) is 3.30. The summed E-state index contributed by atoms with van der Waals surface area (Å²) in [5.74, 6) is -0.444. The second-order valence-corrected chi connectivity index (χ2v) is 2.26. The van der Waals surface area contributed by atoms with E-state index in [1.54, 1.807) is 0 Å². The molecule has 0 heterocycles. The highest BCUT2D eigenvalue weighted by molar-refractivity contribution is 5.53. The van der Waals surface area contributed by atoms with E-state index >= 15 is 0 Å². The van der Waals surface area contributed by atoms with Crippen LogP contribution in [0.5, 0.6) is 5.75 Å². The van der Waals surface area contributed by atoms with Crippen molar-refractivity contribution in [1.29, 1.82) is 0 Å². The summed E-state index contributed by atoms with van der Waals surface area (Å²) in [5, 5.41) is 28.8. The van der Waals surface area contributed by atoms with Crippen LogP contribution in [0.3, 0.4) is 0 Å². The van der Waals surface area contributed by atoms with Crippen molar-refractivity contribution in [1.82, 2.24) is 0 Å². The van der Waals surface area contributed by atoms with Gasteiger partial charge in [-0.1, -0.05) is 0 Å². The third-order valence-corrected chi connectivity index (χ3v) is 1.45. The van der Waals surface area contributed by atoms with Crippen molar-refractivity contribution < 1.29 is 20.0 Å². The minimum absolute atomic E-state index is 0.444. The van der Waals surface area contributed by atoms with E-state index in [0.717, 1.165) is 12.1 Å². The van der Waals surface area contributed by atoms with Gasteiger partial charge in [0.25, 0.3) is 5.69 Å². The van der Waals surface area contributed by atoms with Gasteiger partial charge < -0.3 is 4.89 Å². The zero-order valence-corrected chi connectivity index (χ0v) is 6.61. The first-order valence-corrected chi connectivity index (χ1v) is 3.30. The molecule has 0 aromatic heterocycles. The summed E-state index contributed by atoms with van der Waals surface area (Å²) in [6, 6.07) is 2.63. The molecule has 1 rings (SSSR count). The van der Waals surface area contributed by atoms with Crippen molar-refractivity contribution in [2.75, 3.05) is 0 Å². The van der Waals surface area contributed by atoms with Gasteiger partial charge in [-0.25, -0.2) is 5.26 Å². The highest BCUT2D eigenvalue weighted by atomic mass is 17.1. The molecule has 0 fully saturated rings. The molecule has 8 heteroatoms. The average molecular weight is 200 g/mol. The molecule has 8 nitrogen and oxygen atoms in total.